The fourth-order valence-corrected chi connectivity index (χ4v) is 2.88. The number of rotatable bonds is 3. The average molecular weight is 346 g/mol. The van der Waals surface area contributed by atoms with Gasteiger partial charge in [0.05, 0.1) is 17.5 Å². The van der Waals surface area contributed by atoms with Crippen molar-refractivity contribution in [2.75, 3.05) is 0 Å². The molecule has 0 saturated carbocycles. The topological polar surface area (TPSA) is 48.9 Å². The third-order valence-electron chi connectivity index (χ3n) is 4.17. The van der Waals surface area contributed by atoms with Crippen LogP contribution in [0.2, 0.25) is 0 Å². The molecule has 0 bridgehead atoms. The van der Waals surface area contributed by atoms with Crippen LogP contribution in [0.15, 0.2) is 48.7 Å². The minimum atomic E-state index is -4.41. The molecule has 1 atom stereocenters. The number of aromatic nitrogens is 2. The Hall–Kier alpha value is -2.60. The molecule has 3 nitrogen and oxygen atoms in total. The van der Waals surface area contributed by atoms with Crippen molar-refractivity contribution >= 4 is 0 Å². The zero-order chi connectivity index (χ0) is 18.2. The molecular weight excluding hydrogens is 329 g/mol. The molecule has 3 rings (SSSR count). The number of aliphatic hydroxyl groups excluding tert-OH is 1. The lowest BCUT2D eigenvalue weighted by Gasteiger charge is -2.14. The van der Waals surface area contributed by atoms with E-state index in [1.54, 1.807) is 6.07 Å². The molecule has 0 amide bonds. The van der Waals surface area contributed by atoms with E-state index in [-0.39, 0.29) is 0 Å². The molecule has 6 heteroatoms. The predicted octanol–water partition coefficient (Wildman–Crippen LogP) is 4.79. The first kappa shape index (κ1) is 17.2. The van der Waals surface area contributed by atoms with Crippen molar-refractivity contribution in [1.29, 1.82) is 0 Å². The first-order valence-corrected chi connectivity index (χ1v) is 7.74. The molecule has 0 aliphatic heterocycles. The number of hydrogen-bond acceptors (Lipinski definition) is 2. The van der Waals surface area contributed by atoms with Gasteiger partial charge in [0, 0.05) is 5.56 Å². The molecule has 25 heavy (non-hydrogen) atoms. The highest BCUT2D eigenvalue weighted by molar-refractivity contribution is 5.60. The summed E-state index contributed by atoms with van der Waals surface area (Å²) in [6.45, 7) is 3.78. The van der Waals surface area contributed by atoms with Crippen molar-refractivity contribution in [3.63, 3.8) is 0 Å². The van der Waals surface area contributed by atoms with E-state index < -0.39 is 17.8 Å². The number of imidazole rings is 1. The van der Waals surface area contributed by atoms with Gasteiger partial charge >= 0.3 is 6.18 Å². The number of hydrogen-bond donors (Lipinski definition) is 2. The van der Waals surface area contributed by atoms with Gasteiger partial charge in [-0.15, -0.1) is 0 Å². The van der Waals surface area contributed by atoms with E-state index in [4.69, 9.17) is 0 Å². The van der Waals surface area contributed by atoms with Gasteiger partial charge in [0.2, 0.25) is 0 Å². The van der Waals surface area contributed by atoms with Crippen LogP contribution >= 0.6 is 0 Å². The Labute approximate surface area is 143 Å². The summed E-state index contributed by atoms with van der Waals surface area (Å²) in [4.78, 5) is 7.09. The van der Waals surface area contributed by atoms with Crippen LogP contribution in [0, 0.1) is 13.8 Å². The second kappa shape index (κ2) is 6.37. The van der Waals surface area contributed by atoms with Crippen LogP contribution < -0.4 is 0 Å². The van der Waals surface area contributed by atoms with E-state index in [0.29, 0.717) is 17.1 Å². The summed E-state index contributed by atoms with van der Waals surface area (Å²) in [5.41, 5.74) is 2.64. The van der Waals surface area contributed by atoms with Crippen LogP contribution in [0.5, 0.6) is 0 Å². The van der Waals surface area contributed by atoms with Crippen LogP contribution in [-0.2, 0) is 6.18 Å². The van der Waals surface area contributed by atoms with Gasteiger partial charge in [-0.05, 0) is 42.7 Å². The molecule has 0 radical (unpaired) electrons. The summed E-state index contributed by atoms with van der Waals surface area (Å²) in [5.74, 6) is 0.296. The quantitative estimate of drug-likeness (QED) is 0.716. The Kier molecular flexibility index (Phi) is 4.39. The van der Waals surface area contributed by atoms with Crippen LogP contribution in [-0.4, -0.2) is 15.1 Å². The summed E-state index contributed by atoms with van der Waals surface area (Å²) in [6, 6.07) is 10.7. The number of nitrogens with one attached hydrogen (secondary N) is 1. The highest BCUT2D eigenvalue weighted by atomic mass is 19.4. The minimum Gasteiger partial charge on any atom is -0.380 e. The van der Waals surface area contributed by atoms with Gasteiger partial charge in [0.15, 0.2) is 0 Å². The van der Waals surface area contributed by atoms with Crippen molar-refractivity contribution in [2.24, 2.45) is 0 Å². The van der Waals surface area contributed by atoms with E-state index in [1.807, 2.05) is 32.0 Å². The fourth-order valence-electron chi connectivity index (χ4n) is 2.88. The van der Waals surface area contributed by atoms with Crippen molar-refractivity contribution < 1.29 is 18.3 Å². The molecule has 3 aromatic rings. The van der Waals surface area contributed by atoms with Crippen molar-refractivity contribution in [1.82, 2.24) is 9.97 Å². The van der Waals surface area contributed by atoms with Crippen molar-refractivity contribution in [2.45, 2.75) is 26.1 Å². The lowest BCUT2D eigenvalue weighted by atomic mass is 9.98. The maximum atomic E-state index is 12.9. The molecule has 1 heterocycles. The number of halogens is 3. The summed E-state index contributed by atoms with van der Waals surface area (Å²) in [7, 11) is 0. The van der Waals surface area contributed by atoms with Gasteiger partial charge in [-0.2, -0.15) is 13.2 Å². The second-order valence-corrected chi connectivity index (χ2v) is 5.97. The Bertz CT molecular complexity index is 879. The number of alkyl halides is 3. The highest BCUT2D eigenvalue weighted by Crippen LogP contribution is 2.32. The molecule has 2 aromatic carbocycles. The third kappa shape index (κ3) is 3.44. The molecular formula is C19H17F3N2O. The maximum Gasteiger partial charge on any atom is 0.416 e. The van der Waals surface area contributed by atoms with E-state index in [1.165, 1.54) is 12.3 Å². The molecule has 1 unspecified atom stereocenters. The standard InChI is InChI=1S/C19H17F3N2O/c1-11-5-3-6-12(2)16(11)17(25)18-23-10-15(24-18)13-7-4-8-14(9-13)19(20,21)22/h3-10,17,25H,1-2H3,(H,23,24). The van der Waals surface area contributed by atoms with Crippen LogP contribution in [0.1, 0.15) is 34.2 Å². The Morgan fingerprint density at radius 1 is 1.04 bits per heavy atom. The Morgan fingerprint density at radius 3 is 2.32 bits per heavy atom. The van der Waals surface area contributed by atoms with Gasteiger partial charge < -0.3 is 10.1 Å². The Morgan fingerprint density at radius 2 is 1.68 bits per heavy atom. The molecule has 0 spiro atoms. The molecule has 2 N–H and O–H groups in total. The molecule has 0 aliphatic carbocycles. The summed E-state index contributed by atoms with van der Waals surface area (Å²) >= 11 is 0. The minimum absolute atomic E-state index is 0.296. The Balaban J connectivity index is 1.96. The van der Waals surface area contributed by atoms with Gasteiger partial charge in [0.1, 0.15) is 11.9 Å². The van der Waals surface area contributed by atoms with Gasteiger partial charge in [-0.3, -0.25) is 0 Å². The molecule has 130 valence electrons. The number of benzene rings is 2. The molecule has 0 saturated heterocycles. The largest absolute Gasteiger partial charge is 0.416 e. The van der Waals surface area contributed by atoms with Crippen molar-refractivity contribution in [3.8, 4) is 11.3 Å². The van der Waals surface area contributed by atoms with E-state index in [0.717, 1.165) is 28.8 Å². The van der Waals surface area contributed by atoms with E-state index in [9.17, 15) is 18.3 Å². The third-order valence-corrected chi connectivity index (χ3v) is 4.17. The van der Waals surface area contributed by atoms with E-state index in [2.05, 4.69) is 9.97 Å². The normalized spacial score (nSPS) is 13.0. The van der Waals surface area contributed by atoms with Gasteiger partial charge in [-0.25, -0.2) is 4.98 Å². The SMILES string of the molecule is Cc1cccc(C)c1C(O)c1ncc(-c2cccc(C(F)(F)F)c2)[nH]1. The number of nitrogens with zero attached hydrogens (tertiary/aromatic N) is 1. The monoisotopic (exact) mass is 346 g/mol. The molecule has 1 aromatic heterocycles. The first-order chi connectivity index (χ1) is 11.8. The number of aromatic amines is 1. The van der Waals surface area contributed by atoms with Gasteiger partial charge in [0.25, 0.3) is 0 Å². The average Bonchev–Trinajstić information content (AvgIpc) is 3.04. The number of H-pyrrole nitrogens is 1. The number of aryl methyl sites for hydroxylation is 2. The maximum absolute atomic E-state index is 12.9. The number of aliphatic hydroxyl groups is 1. The highest BCUT2D eigenvalue weighted by Gasteiger charge is 2.30. The predicted molar refractivity (Wildman–Crippen MR) is 89.0 cm³/mol. The summed E-state index contributed by atoms with van der Waals surface area (Å²) in [6.07, 6.45) is -3.95. The lowest BCUT2D eigenvalue weighted by molar-refractivity contribution is -0.137. The van der Waals surface area contributed by atoms with Crippen LogP contribution in [0.4, 0.5) is 13.2 Å². The second-order valence-electron chi connectivity index (χ2n) is 5.97. The molecule has 0 aliphatic rings. The van der Waals surface area contributed by atoms with Crippen LogP contribution in [0.3, 0.4) is 0 Å². The van der Waals surface area contributed by atoms with E-state index >= 15 is 0 Å². The first-order valence-electron chi connectivity index (χ1n) is 7.74. The van der Waals surface area contributed by atoms with Crippen molar-refractivity contribution in [3.05, 3.63) is 76.7 Å². The zero-order valence-electron chi connectivity index (χ0n) is 13.7. The summed E-state index contributed by atoms with van der Waals surface area (Å²) < 4.78 is 38.6. The van der Waals surface area contributed by atoms with Crippen LogP contribution in [0.25, 0.3) is 11.3 Å². The fraction of sp³-hybridized carbons (Fsp3) is 0.211. The summed E-state index contributed by atoms with van der Waals surface area (Å²) in [5, 5.41) is 10.6. The van der Waals surface area contributed by atoms with Gasteiger partial charge in [-0.1, -0.05) is 30.3 Å². The molecule has 0 fully saturated rings. The zero-order valence-corrected chi connectivity index (χ0v) is 13.7. The lowest BCUT2D eigenvalue weighted by Crippen LogP contribution is -2.06. The smallest absolute Gasteiger partial charge is 0.380 e.